The Bertz CT molecular complexity index is 1680. The van der Waals surface area contributed by atoms with Crippen molar-refractivity contribution in [2.75, 3.05) is 16.3 Å². The molecule has 2 aliphatic rings. The minimum absolute atomic E-state index is 0.0995. The average Bonchev–Trinajstić information content (AvgIpc) is 3.23. The second-order valence-electron chi connectivity index (χ2n) is 10.8. The molecule has 214 valence electrons. The van der Waals surface area contributed by atoms with Gasteiger partial charge in [-0.25, -0.2) is 0 Å². The van der Waals surface area contributed by atoms with E-state index in [-0.39, 0.29) is 17.0 Å². The number of rotatable bonds is 7. The molecule has 6 rings (SSSR count). The van der Waals surface area contributed by atoms with Crippen LogP contribution in [-0.4, -0.2) is 41.1 Å². The highest BCUT2D eigenvalue weighted by Crippen LogP contribution is 2.39. The van der Waals surface area contributed by atoms with E-state index in [0.29, 0.717) is 24.3 Å². The lowest BCUT2D eigenvalue weighted by Crippen LogP contribution is -2.50. The average molecular weight is 570 g/mol. The topological polar surface area (TPSA) is 78.0 Å². The number of amides is 4. The van der Waals surface area contributed by atoms with Crippen molar-refractivity contribution in [1.29, 1.82) is 0 Å². The highest BCUT2D eigenvalue weighted by atomic mass is 16.2. The number of para-hydroxylation sites is 2. The molecule has 0 aliphatic carbocycles. The standard InChI is InChI=1S/C36H31N3O4/c1-25-28(20-12-17-26-13-4-2-5-14-26)34(41)37(23-27-15-6-3-7-16-27)31-21-10-11-22-32(31)39(25)33(40)24-38-35(42)29-18-8-9-19-30(29)36(38)43/h2-19,21-22,25,28H,20,23-24H2,1H3/b17-12+. The fourth-order valence-corrected chi connectivity index (χ4v) is 5.92. The predicted molar refractivity (Wildman–Crippen MR) is 166 cm³/mol. The first kappa shape index (κ1) is 27.8. The molecule has 2 aliphatic heterocycles. The van der Waals surface area contributed by atoms with Gasteiger partial charge in [0.1, 0.15) is 6.54 Å². The number of hydrogen-bond acceptors (Lipinski definition) is 4. The number of benzene rings is 4. The van der Waals surface area contributed by atoms with Gasteiger partial charge >= 0.3 is 0 Å². The van der Waals surface area contributed by atoms with Crippen molar-refractivity contribution in [3.05, 3.63) is 138 Å². The highest BCUT2D eigenvalue weighted by molar-refractivity contribution is 6.23. The Labute approximate surface area is 250 Å². The fraction of sp³-hybridized carbons (Fsp3) is 0.167. The van der Waals surface area contributed by atoms with E-state index in [1.165, 1.54) is 0 Å². The van der Waals surface area contributed by atoms with Crippen LogP contribution in [0.3, 0.4) is 0 Å². The van der Waals surface area contributed by atoms with Gasteiger partial charge in [0.2, 0.25) is 11.8 Å². The normalized spacial score (nSPS) is 18.2. The SMILES string of the molecule is CC1C(C/C=C/c2ccccc2)C(=O)N(Cc2ccccc2)c2ccccc2N1C(=O)CN1C(=O)c2ccccc2C1=O. The van der Waals surface area contributed by atoms with Crippen LogP contribution in [-0.2, 0) is 16.1 Å². The lowest BCUT2D eigenvalue weighted by atomic mass is 9.94. The number of imide groups is 1. The third kappa shape index (κ3) is 5.37. The molecular formula is C36H31N3O4. The zero-order valence-electron chi connectivity index (χ0n) is 23.8. The molecule has 0 bridgehead atoms. The summed E-state index contributed by atoms with van der Waals surface area (Å²) < 4.78 is 0. The van der Waals surface area contributed by atoms with Gasteiger partial charge in [0.05, 0.1) is 35.0 Å². The van der Waals surface area contributed by atoms with Crippen LogP contribution in [0.4, 0.5) is 11.4 Å². The summed E-state index contributed by atoms with van der Waals surface area (Å²) in [6.07, 6.45) is 4.34. The number of nitrogens with zero attached hydrogens (tertiary/aromatic N) is 3. The summed E-state index contributed by atoms with van der Waals surface area (Å²) in [6, 6.07) is 32.9. The summed E-state index contributed by atoms with van der Waals surface area (Å²) in [6.45, 7) is 1.77. The zero-order valence-corrected chi connectivity index (χ0v) is 23.8. The van der Waals surface area contributed by atoms with E-state index in [9.17, 15) is 19.2 Å². The Morgan fingerprint density at radius 1 is 0.698 bits per heavy atom. The minimum Gasteiger partial charge on any atom is -0.306 e. The smallest absolute Gasteiger partial charge is 0.262 e. The quantitative estimate of drug-likeness (QED) is 0.257. The molecule has 7 heteroatoms. The van der Waals surface area contributed by atoms with Crippen molar-refractivity contribution in [2.45, 2.75) is 25.9 Å². The summed E-state index contributed by atoms with van der Waals surface area (Å²) >= 11 is 0. The maximum Gasteiger partial charge on any atom is 0.262 e. The van der Waals surface area contributed by atoms with Crippen LogP contribution in [0.2, 0.25) is 0 Å². The monoisotopic (exact) mass is 569 g/mol. The van der Waals surface area contributed by atoms with Crippen molar-refractivity contribution < 1.29 is 19.2 Å². The van der Waals surface area contributed by atoms with E-state index in [4.69, 9.17) is 0 Å². The number of carbonyl (C=O) groups excluding carboxylic acids is 4. The van der Waals surface area contributed by atoms with E-state index < -0.39 is 36.2 Å². The number of allylic oxidation sites excluding steroid dienone is 1. The molecule has 0 aromatic heterocycles. The Kier molecular flexibility index (Phi) is 7.71. The largest absolute Gasteiger partial charge is 0.306 e. The van der Waals surface area contributed by atoms with Gasteiger partial charge in [-0.2, -0.15) is 0 Å². The van der Waals surface area contributed by atoms with E-state index >= 15 is 0 Å². The molecule has 4 aromatic carbocycles. The Balaban J connectivity index is 1.37. The molecule has 0 radical (unpaired) electrons. The van der Waals surface area contributed by atoms with E-state index in [2.05, 4.69) is 0 Å². The third-order valence-corrected chi connectivity index (χ3v) is 8.13. The number of anilines is 2. The summed E-state index contributed by atoms with van der Waals surface area (Å²) in [7, 11) is 0. The summed E-state index contributed by atoms with van der Waals surface area (Å²) in [5.74, 6) is -2.09. The number of hydrogen-bond donors (Lipinski definition) is 0. The molecule has 0 saturated heterocycles. The van der Waals surface area contributed by atoms with Crippen LogP contribution in [0, 0.1) is 5.92 Å². The van der Waals surface area contributed by atoms with Crippen molar-refractivity contribution in [1.82, 2.24) is 4.90 Å². The molecule has 2 unspecified atom stereocenters. The molecule has 0 spiro atoms. The predicted octanol–water partition coefficient (Wildman–Crippen LogP) is 5.97. The Hall–Kier alpha value is -5.30. The van der Waals surface area contributed by atoms with Crippen molar-refractivity contribution in [2.24, 2.45) is 5.92 Å². The first-order valence-electron chi connectivity index (χ1n) is 14.4. The van der Waals surface area contributed by atoms with Gasteiger partial charge < -0.3 is 9.80 Å². The van der Waals surface area contributed by atoms with Gasteiger partial charge in [0.15, 0.2) is 0 Å². The maximum atomic E-state index is 14.4. The Morgan fingerprint density at radius 3 is 1.91 bits per heavy atom. The molecule has 7 nitrogen and oxygen atoms in total. The van der Waals surface area contributed by atoms with E-state index in [1.807, 2.05) is 104 Å². The van der Waals surface area contributed by atoms with E-state index in [1.54, 1.807) is 34.1 Å². The van der Waals surface area contributed by atoms with E-state index in [0.717, 1.165) is 16.0 Å². The molecule has 4 amide bonds. The second-order valence-corrected chi connectivity index (χ2v) is 10.8. The summed E-state index contributed by atoms with van der Waals surface area (Å²) in [5.41, 5.74) is 3.72. The minimum atomic E-state index is -0.581. The van der Waals surface area contributed by atoms with Crippen LogP contribution in [0.5, 0.6) is 0 Å². The first-order valence-corrected chi connectivity index (χ1v) is 14.4. The van der Waals surface area contributed by atoms with Crippen LogP contribution in [0.25, 0.3) is 6.08 Å². The van der Waals surface area contributed by atoms with Crippen molar-refractivity contribution in [3.8, 4) is 0 Å². The molecule has 4 aromatic rings. The highest BCUT2D eigenvalue weighted by Gasteiger charge is 2.43. The number of fused-ring (bicyclic) bond motifs is 2. The van der Waals surface area contributed by atoms with Gasteiger partial charge in [0, 0.05) is 6.04 Å². The molecule has 43 heavy (non-hydrogen) atoms. The lowest BCUT2D eigenvalue weighted by Gasteiger charge is -2.32. The first-order chi connectivity index (χ1) is 20.9. The summed E-state index contributed by atoms with van der Waals surface area (Å²) in [5, 5.41) is 0. The molecule has 0 fully saturated rings. The third-order valence-electron chi connectivity index (χ3n) is 8.13. The van der Waals surface area contributed by atoms with Crippen LogP contribution >= 0.6 is 0 Å². The van der Waals surface area contributed by atoms with Gasteiger partial charge in [-0.15, -0.1) is 0 Å². The Morgan fingerprint density at radius 2 is 1.26 bits per heavy atom. The molecule has 2 atom stereocenters. The summed E-state index contributed by atoms with van der Waals surface area (Å²) in [4.78, 5) is 59.1. The van der Waals surface area contributed by atoms with Gasteiger partial charge in [0.25, 0.3) is 11.8 Å². The van der Waals surface area contributed by atoms with Gasteiger partial charge in [-0.1, -0.05) is 97.1 Å². The van der Waals surface area contributed by atoms with Crippen LogP contribution in [0.1, 0.15) is 45.2 Å². The van der Waals surface area contributed by atoms with Gasteiger partial charge in [-0.3, -0.25) is 24.1 Å². The second kappa shape index (κ2) is 11.9. The lowest BCUT2D eigenvalue weighted by molar-refractivity contribution is -0.123. The van der Waals surface area contributed by atoms with Crippen LogP contribution < -0.4 is 9.80 Å². The fourth-order valence-electron chi connectivity index (χ4n) is 5.92. The van der Waals surface area contributed by atoms with Crippen molar-refractivity contribution in [3.63, 3.8) is 0 Å². The van der Waals surface area contributed by atoms with Crippen molar-refractivity contribution >= 4 is 41.1 Å². The van der Waals surface area contributed by atoms with Gasteiger partial charge in [-0.05, 0) is 48.7 Å². The number of carbonyl (C=O) groups is 4. The molecule has 2 heterocycles. The van der Waals surface area contributed by atoms with Crippen LogP contribution in [0.15, 0.2) is 115 Å². The molecule has 0 saturated carbocycles. The zero-order chi connectivity index (χ0) is 29.9. The maximum absolute atomic E-state index is 14.4. The molecule has 0 N–H and O–H groups in total. The molecular weight excluding hydrogens is 538 g/mol.